The lowest BCUT2D eigenvalue weighted by Gasteiger charge is -2.33. The van der Waals surface area contributed by atoms with Crippen LogP contribution in [0.25, 0.3) is 5.65 Å². The zero-order chi connectivity index (χ0) is 16.4. The molecular weight excluding hydrogens is 304 g/mol. The summed E-state index contributed by atoms with van der Waals surface area (Å²) in [5.74, 6) is 1.61. The van der Waals surface area contributed by atoms with E-state index in [0.717, 1.165) is 37.6 Å². The van der Waals surface area contributed by atoms with Crippen LogP contribution in [0.5, 0.6) is 0 Å². The van der Waals surface area contributed by atoms with Crippen molar-refractivity contribution in [2.24, 2.45) is 0 Å². The third-order valence-electron chi connectivity index (χ3n) is 4.31. The summed E-state index contributed by atoms with van der Waals surface area (Å²) in [5, 5.41) is 3.43. The Labute approximate surface area is 139 Å². The second kappa shape index (κ2) is 6.27. The van der Waals surface area contributed by atoms with Crippen LogP contribution in [0.3, 0.4) is 0 Å². The van der Waals surface area contributed by atoms with Crippen LogP contribution in [0.4, 0.5) is 11.6 Å². The fourth-order valence-electron chi connectivity index (χ4n) is 3.04. The molecule has 0 atom stereocenters. The minimum Gasteiger partial charge on any atom is -0.367 e. The smallest absolute Gasteiger partial charge is 0.259 e. The molecule has 0 radical (unpaired) electrons. The average molecular weight is 322 g/mol. The van der Waals surface area contributed by atoms with E-state index in [1.807, 2.05) is 24.3 Å². The molecule has 0 unspecified atom stereocenters. The number of piperidine rings is 1. The third-order valence-corrected chi connectivity index (χ3v) is 4.31. The standard InChI is InChI=1S/C17H18N6O/c24-17-11-16(21-15-3-1-2-8-23(15)17)22-9-5-13(6-10-22)20-14-4-7-18-12-19-14/h1-4,7-8,11-13H,5-6,9-10H2,(H,18,19,20). The number of anilines is 2. The first kappa shape index (κ1) is 14.6. The number of aromatic nitrogens is 4. The van der Waals surface area contributed by atoms with Crippen molar-refractivity contribution in [3.8, 4) is 0 Å². The summed E-state index contributed by atoms with van der Waals surface area (Å²) in [7, 11) is 0. The summed E-state index contributed by atoms with van der Waals surface area (Å²) >= 11 is 0. The van der Waals surface area contributed by atoms with Gasteiger partial charge in [0.05, 0.1) is 0 Å². The molecule has 7 heteroatoms. The Bertz CT molecular complexity index is 886. The molecule has 3 aromatic heterocycles. The number of nitrogens with one attached hydrogen (secondary N) is 1. The highest BCUT2D eigenvalue weighted by atomic mass is 16.1. The minimum absolute atomic E-state index is 0.0446. The van der Waals surface area contributed by atoms with Gasteiger partial charge in [-0.1, -0.05) is 6.07 Å². The molecule has 1 saturated heterocycles. The predicted molar refractivity (Wildman–Crippen MR) is 92.4 cm³/mol. The third kappa shape index (κ3) is 2.92. The summed E-state index contributed by atoms with van der Waals surface area (Å²) in [6.45, 7) is 1.72. The molecular formula is C17H18N6O. The van der Waals surface area contributed by atoms with Crippen molar-refractivity contribution in [2.45, 2.75) is 18.9 Å². The van der Waals surface area contributed by atoms with Gasteiger partial charge in [-0.2, -0.15) is 0 Å². The van der Waals surface area contributed by atoms with Gasteiger partial charge in [0, 0.05) is 37.6 Å². The molecule has 1 aliphatic rings. The monoisotopic (exact) mass is 322 g/mol. The lowest BCUT2D eigenvalue weighted by molar-refractivity contribution is 0.522. The van der Waals surface area contributed by atoms with Crippen LogP contribution in [0.15, 0.2) is 53.8 Å². The Balaban J connectivity index is 1.47. The molecule has 7 nitrogen and oxygen atoms in total. The summed E-state index contributed by atoms with van der Waals surface area (Å²) in [6.07, 6.45) is 6.97. The Hall–Kier alpha value is -2.96. The van der Waals surface area contributed by atoms with Gasteiger partial charge in [0.2, 0.25) is 0 Å². The van der Waals surface area contributed by atoms with Crippen LogP contribution < -0.4 is 15.8 Å². The first-order valence-electron chi connectivity index (χ1n) is 8.05. The number of rotatable bonds is 3. The maximum atomic E-state index is 12.2. The van der Waals surface area contributed by atoms with Crippen LogP contribution in [0.1, 0.15) is 12.8 Å². The van der Waals surface area contributed by atoms with Crippen LogP contribution in [0.2, 0.25) is 0 Å². The zero-order valence-corrected chi connectivity index (χ0v) is 13.2. The lowest BCUT2D eigenvalue weighted by Crippen LogP contribution is -2.40. The Morgan fingerprint density at radius 3 is 2.83 bits per heavy atom. The maximum Gasteiger partial charge on any atom is 0.259 e. The second-order valence-electron chi connectivity index (χ2n) is 5.88. The SMILES string of the molecule is O=c1cc(N2CCC(Nc3ccncn3)CC2)nc2ccccn12. The van der Waals surface area contributed by atoms with E-state index < -0.39 is 0 Å². The van der Waals surface area contributed by atoms with E-state index in [1.165, 1.54) is 0 Å². The van der Waals surface area contributed by atoms with Crippen molar-refractivity contribution < 1.29 is 0 Å². The van der Waals surface area contributed by atoms with Crippen LogP contribution in [-0.2, 0) is 0 Å². The van der Waals surface area contributed by atoms with E-state index in [0.29, 0.717) is 11.7 Å². The highest BCUT2D eigenvalue weighted by Crippen LogP contribution is 2.19. The molecule has 0 aromatic carbocycles. The normalized spacial score (nSPS) is 15.6. The quantitative estimate of drug-likeness (QED) is 0.789. The highest BCUT2D eigenvalue weighted by Gasteiger charge is 2.21. The molecule has 1 N–H and O–H groups in total. The highest BCUT2D eigenvalue weighted by molar-refractivity contribution is 5.48. The van der Waals surface area contributed by atoms with Gasteiger partial charge in [0.15, 0.2) is 0 Å². The van der Waals surface area contributed by atoms with Crippen molar-refractivity contribution in [1.29, 1.82) is 0 Å². The molecule has 4 heterocycles. The van der Waals surface area contributed by atoms with Crippen molar-refractivity contribution in [2.75, 3.05) is 23.3 Å². The van der Waals surface area contributed by atoms with Gasteiger partial charge in [-0.15, -0.1) is 0 Å². The summed E-state index contributed by atoms with van der Waals surface area (Å²) in [6, 6.07) is 9.44. The Morgan fingerprint density at radius 2 is 2.04 bits per heavy atom. The molecule has 1 aliphatic heterocycles. The minimum atomic E-state index is -0.0446. The van der Waals surface area contributed by atoms with E-state index in [9.17, 15) is 4.79 Å². The van der Waals surface area contributed by atoms with Crippen LogP contribution in [0, 0.1) is 0 Å². The topological polar surface area (TPSA) is 75.4 Å². The summed E-state index contributed by atoms with van der Waals surface area (Å²) in [4.78, 5) is 27.1. The molecule has 3 aromatic rings. The van der Waals surface area contributed by atoms with Gasteiger partial charge >= 0.3 is 0 Å². The number of hydrogen-bond acceptors (Lipinski definition) is 6. The number of fused-ring (bicyclic) bond motifs is 1. The summed E-state index contributed by atoms with van der Waals surface area (Å²) < 4.78 is 1.56. The Morgan fingerprint density at radius 1 is 1.17 bits per heavy atom. The maximum absolute atomic E-state index is 12.2. The fourth-order valence-corrected chi connectivity index (χ4v) is 3.04. The molecule has 4 rings (SSSR count). The molecule has 0 spiro atoms. The predicted octanol–water partition coefficient (Wildman–Crippen LogP) is 1.57. The zero-order valence-electron chi connectivity index (χ0n) is 13.2. The summed E-state index contributed by atoms with van der Waals surface area (Å²) in [5.41, 5.74) is 0.637. The van der Waals surface area contributed by atoms with E-state index in [-0.39, 0.29) is 5.56 Å². The first-order valence-corrected chi connectivity index (χ1v) is 8.05. The van der Waals surface area contributed by atoms with Crippen molar-refractivity contribution in [3.63, 3.8) is 0 Å². The fraction of sp³-hybridized carbons (Fsp3) is 0.294. The van der Waals surface area contributed by atoms with E-state index in [4.69, 9.17) is 0 Å². The van der Waals surface area contributed by atoms with Gasteiger partial charge in [-0.3, -0.25) is 9.20 Å². The average Bonchev–Trinajstić information content (AvgIpc) is 2.63. The molecule has 24 heavy (non-hydrogen) atoms. The molecule has 0 saturated carbocycles. The van der Waals surface area contributed by atoms with Crippen LogP contribution >= 0.6 is 0 Å². The number of nitrogens with zero attached hydrogens (tertiary/aromatic N) is 5. The van der Waals surface area contributed by atoms with E-state index in [1.54, 1.807) is 29.2 Å². The van der Waals surface area contributed by atoms with Gasteiger partial charge in [-0.25, -0.2) is 15.0 Å². The largest absolute Gasteiger partial charge is 0.367 e. The molecule has 0 bridgehead atoms. The second-order valence-corrected chi connectivity index (χ2v) is 5.88. The molecule has 0 amide bonds. The van der Waals surface area contributed by atoms with Gasteiger partial charge in [0.25, 0.3) is 5.56 Å². The van der Waals surface area contributed by atoms with Crippen molar-refractivity contribution >= 4 is 17.3 Å². The lowest BCUT2D eigenvalue weighted by atomic mass is 10.1. The molecule has 1 fully saturated rings. The van der Waals surface area contributed by atoms with Crippen LogP contribution in [-0.4, -0.2) is 38.5 Å². The van der Waals surface area contributed by atoms with Crippen molar-refractivity contribution in [1.82, 2.24) is 19.4 Å². The molecule has 122 valence electrons. The molecule has 0 aliphatic carbocycles. The van der Waals surface area contributed by atoms with Gasteiger partial charge < -0.3 is 10.2 Å². The Kier molecular flexibility index (Phi) is 3.82. The first-order chi connectivity index (χ1) is 11.8. The number of pyridine rings is 1. The van der Waals surface area contributed by atoms with Gasteiger partial charge in [0.1, 0.15) is 23.6 Å². The number of hydrogen-bond donors (Lipinski definition) is 1. The van der Waals surface area contributed by atoms with Crippen molar-refractivity contribution in [3.05, 3.63) is 59.4 Å². The van der Waals surface area contributed by atoms with E-state index in [2.05, 4.69) is 25.2 Å². The van der Waals surface area contributed by atoms with E-state index >= 15 is 0 Å². The van der Waals surface area contributed by atoms with Gasteiger partial charge in [-0.05, 0) is 31.0 Å².